The highest BCUT2D eigenvalue weighted by Crippen LogP contribution is 2.40. The number of aromatic carboxylic acids is 1. The Balaban J connectivity index is 1.45. The van der Waals surface area contributed by atoms with Gasteiger partial charge in [0, 0.05) is 46.4 Å². The zero-order chi connectivity index (χ0) is 33.6. The number of aliphatic carboxylic acids is 1. The van der Waals surface area contributed by atoms with Crippen LogP contribution in [-0.2, 0) is 24.4 Å². The van der Waals surface area contributed by atoms with Crippen molar-refractivity contribution in [3.63, 3.8) is 0 Å². The van der Waals surface area contributed by atoms with E-state index in [-0.39, 0.29) is 31.0 Å². The molecule has 1 aliphatic heterocycles. The van der Waals surface area contributed by atoms with Gasteiger partial charge < -0.3 is 33.9 Å². The number of methoxy groups -OCH3 is 2. The zero-order valence-electron chi connectivity index (χ0n) is 26.2. The van der Waals surface area contributed by atoms with Gasteiger partial charge in [0.05, 0.1) is 38.2 Å². The minimum Gasteiger partial charge on any atom is -0.497 e. The van der Waals surface area contributed by atoms with Gasteiger partial charge in [-0.3, -0.25) is 4.68 Å². The lowest BCUT2D eigenvalue weighted by molar-refractivity contribution is -0.132. The summed E-state index contributed by atoms with van der Waals surface area (Å²) in [4.78, 5) is 24.6. The maximum absolute atomic E-state index is 12.7. The van der Waals surface area contributed by atoms with Crippen LogP contribution in [0.5, 0.6) is 28.7 Å². The maximum atomic E-state index is 12.7. The van der Waals surface area contributed by atoms with Crippen molar-refractivity contribution in [1.29, 1.82) is 0 Å². The van der Waals surface area contributed by atoms with Gasteiger partial charge in [-0.25, -0.2) is 9.59 Å². The zero-order valence-corrected chi connectivity index (χ0v) is 26.2. The predicted molar refractivity (Wildman–Crippen MR) is 176 cm³/mol. The third-order valence-corrected chi connectivity index (χ3v) is 7.88. The first-order valence-electron chi connectivity index (χ1n) is 15.0. The van der Waals surface area contributed by atoms with E-state index >= 15 is 0 Å². The van der Waals surface area contributed by atoms with Crippen molar-refractivity contribution in [1.82, 2.24) is 9.78 Å². The summed E-state index contributed by atoms with van der Waals surface area (Å²) >= 11 is 0. The van der Waals surface area contributed by atoms with Crippen molar-refractivity contribution in [3.05, 3.63) is 125 Å². The van der Waals surface area contributed by atoms with E-state index in [4.69, 9.17) is 23.7 Å². The SMILES string of the molecule is COc1ccc(-c2c(C=C(Cc3cc4c(cc3OC)OCO4)C(=O)O)cnn2Cc2ccccc2)c(OCc2ccccc2C(=O)O)c1. The number of hydrogen-bond acceptors (Lipinski definition) is 8. The molecule has 2 N–H and O–H groups in total. The predicted octanol–water partition coefficient (Wildman–Crippen LogP) is 6.33. The van der Waals surface area contributed by atoms with Crippen LogP contribution in [0.25, 0.3) is 17.3 Å². The average Bonchev–Trinajstić information content (AvgIpc) is 3.73. The van der Waals surface area contributed by atoms with Crippen LogP contribution in [0.1, 0.15) is 32.6 Å². The molecule has 0 saturated carbocycles. The molecule has 0 saturated heterocycles. The van der Waals surface area contributed by atoms with Crippen LogP contribution in [0, 0.1) is 0 Å². The van der Waals surface area contributed by atoms with Crippen molar-refractivity contribution in [2.75, 3.05) is 21.0 Å². The van der Waals surface area contributed by atoms with Crippen LogP contribution < -0.4 is 23.7 Å². The summed E-state index contributed by atoms with van der Waals surface area (Å²) in [5, 5.41) is 24.8. The molecular weight excluding hydrogens is 616 g/mol. The first-order chi connectivity index (χ1) is 23.3. The summed E-state index contributed by atoms with van der Waals surface area (Å²) in [6.45, 7) is 0.419. The maximum Gasteiger partial charge on any atom is 0.336 e. The molecule has 11 nitrogen and oxygen atoms in total. The highest BCUT2D eigenvalue weighted by atomic mass is 16.7. The first kappa shape index (κ1) is 31.7. The number of carboxylic acid groups (broad SMARTS) is 2. The Morgan fingerprint density at radius 2 is 1.62 bits per heavy atom. The topological polar surface area (TPSA) is 139 Å². The van der Waals surface area contributed by atoms with Crippen LogP contribution >= 0.6 is 0 Å². The number of aromatic nitrogens is 2. The van der Waals surface area contributed by atoms with Gasteiger partial charge in [-0.1, -0.05) is 48.5 Å². The van der Waals surface area contributed by atoms with E-state index in [2.05, 4.69) is 5.10 Å². The van der Waals surface area contributed by atoms with Gasteiger partial charge in [-0.15, -0.1) is 0 Å². The number of carbonyl (C=O) groups is 2. The van der Waals surface area contributed by atoms with E-state index in [0.717, 1.165) is 5.56 Å². The van der Waals surface area contributed by atoms with Gasteiger partial charge in [0.25, 0.3) is 0 Å². The second kappa shape index (κ2) is 14.0. The van der Waals surface area contributed by atoms with Crippen LogP contribution in [0.4, 0.5) is 0 Å². The standard InChI is InChI=1S/C37H32N2O9/c1-44-28-12-13-30(32(17-28)46-21-24-10-6-7-11-29(24)37(42)43)35-27(19-38-39(35)20-23-8-4-3-5-9-23)15-26(36(40)41)14-25-16-33-34(48-22-47-33)18-31(25)45-2/h3-13,15-19H,14,20-22H2,1-2H3,(H,40,41)(H,42,43). The van der Waals surface area contributed by atoms with Crippen molar-refractivity contribution in [2.24, 2.45) is 0 Å². The summed E-state index contributed by atoms with van der Waals surface area (Å²) in [7, 11) is 3.05. The van der Waals surface area contributed by atoms with Crippen molar-refractivity contribution in [2.45, 2.75) is 19.6 Å². The first-order valence-corrected chi connectivity index (χ1v) is 15.0. The van der Waals surface area contributed by atoms with E-state index < -0.39 is 11.9 Å². The molecule has 5 aromatic rings. The molecule has 0 radical (unpaired) electrons. The number of fused-ring (bicyclic) bond motifs is 1. The summed E-state index contributed by atoms with van der Waals surface area (Å²) in [6.07, 6.45) is 3.23. The molecular formula is C37H32N2O9. The summed E-state index contributed by atoms with van der Waals surface area (Å²) in [6, 6.07) is 25.1. The molecule has 6 rings (SSSR count). The number of hydrogen-bond donors (Lipinski definition) is 2. The van der Waals surface area contributed by atoms with E-state index in [1.165, 1.54) is 20.3 Å². The quantitative estimate of drug-likeness (QED) is 0.139. The van der Waals surface area contributed by atoms with Crippen LogP contribution in [0.2, 0.25) is 0 Å². The molecule has 244 valence electrons. The Bertz CT molecular complexity index is 2000. The fraction of sp³-hybridized carbons (Fsp3) is 0.162. The monoisotopic (exact) mass is 648 g/mol. The molecule has 2 heterocycles. The van der Waals surface area contributed by atoms with Crippen molar-refractivity contribution >= 4 is 18.0 Å². The molecule has 1 aromatic heterocycles. The summed E-state index contributed by atoms with van der Waals surface area (Å²) < 4.78 is 30.1. The molecule has 1 aliphatic rings. The molecule has 11 heteroatoms. The van der Waals surface area contributed by atoms with Gasteiger partial charge in [-0.05, 0) is 35.9 Å². The number of carboxylic acids is 2. The summed E-state index contributed by atoms with van der Waals surface area (Å²) in [5.41, 5.74) is 4.02. The van der Waals surface area contributed by atoms with Crippen molar-refractivity contribution in [3.8, 4) is 40.0 Å². The van der Waals surface area contributed by atoms with Gasteiger partial charge in [0.1, 0.15) is 23.9 Å². The molecule has 0 spiro atoms. The Morgan fingerprint density at radius 3 is 2.35 bits per heavy atom. The fourth-order valence-corrected chi connectivity index (χ4v) is 5.51. The van der Waals surface area contributed by atoms with Gasteiger partial charge in [0.15, 0.2) is 11.5 Å². The van der Waals surface area contributed by atoms with Gasteiger partial charge in [-0.2, -0.15) is 5.10 Å². The average molecular weight is 649 g/mol. The molecule has 0 bridgehead atoms. The number of nitrogens with zero attached hydrogens (tertiary/aromatic N) is 2. The van der Waals surface area contributed by atoms with Crippen LogP contribution in [0.3, 0.4) is 0 Å². The second-order valence-corrected chi connectivity index (χ2v) is 10.9. The Labute approximate surface area is 276 Å². The molecule has 0 amide bonds. The normalized spacial score (nSPS) is 12.1. The Kier molecular flexibility index (Phi) is 9.28. The Morgan fingerprint density at radius 1 is 0.875 bits per heavy atom. The van der Waals surface area contributed by atoms with Crippen molar-refractivity contribution < 1.29 is 43.5 Å². The van der Waals surface area contributed by atoms with E-state index in [1.54, 1.807) is 59.4 Å². The number of ether oxygens (including phenoxy) is 5. The van der Waals surface area contributed by atoms with Gasteiger partial charge >= 0.3 is 11.9 Å². The smallest absolute Gasteiger partial charge is 0.336 e. The number of benzene rings is 4. The minimum absolute atomic E-state index is 0.0242. The highest BCUT2D eigenvalue weighted by molar-refractivity contribution is 5.94. The highest BCUT2D eigenvalue weighted by Gasteiger charge is 2.23. The Hall–Kier alpha value is -6.23. The lowest BCUT2D eigenvalue weighted by atomic mass is 9.99. The molecule has 0 fully saturated rings. The molecule has 4 aromatic carbocycles. The molecule has 0 aliphatic carbocycles. The minimum atomic E-state index is -1.12. The second-order valence-electron chi connectivity index (χ2n) is 10.9. The molecule has 0 atom stereocenters. The third kappa shape index (κ3) is 6.80. The van der Waals surface area contributed by atoms with E-state index in [1.807, 2.05) is 36.4 Å². The van der Waals surface area contributed by atoms with Crippen LogP contribution in [0.15, 0.2) is 96.7 Å². The largest absolute Gasteiger partial charge is 0.497 e. The van der Waals surface area contributed by atoms with E-state index in [0.29, 0.717) is 63.2 Å². The number of rotatable bonds is 13. The molecule has 48 heavy (non-hydrogen) atoms. The van der Waals surface area contributed by atoms with Crippen LogP contribution in [-0.4, -0.2) is 52.9 Å². The fourth-order valence-electron chi connectivity index (χ4n) is 5.51. The lowest BCUT2D eigenvalue weighted by Crippen LogP contribution is -2.08. The summed E-state index contributed by atoms with van der Waals surface area (Å²) in [5.74, 6) is 0.247. The van der Waals surface area contributed by atoms with Gasteiger partial charge in [0.2, 0.25) is 6.79 Å². The molecule has 0 unspecified atom stereocenters. The lowest BCUT2D eigenvalue weighted by Gasteiger charge is -2.17. The third-order valence-electron chi connectivity index (χ3n) is 7.88. The van der Waals surface area contributed by atoms with E-state index in [9.17, 15) is 19.8 Å².